The third-order valence-corrected chi connectivity index (χ3v) is 7.82. The maximum absolute atomic E-state index is 13.9. The summed E-state index contributed by atoms with van der Waals surface area (Å²) < 4.78 is 1.62. The van der Waals surface area contributed by atoms with Crippen molar-refractivity contribution in [2.24, 2.45) is 0 Å². The Morgan fingerprint density at radius 2 is 1.61 bits per heavy atom. The number of fused-ring (bicyclic) bond motifs is 2. The van der Waals surface area contributed by atoms with Gasteiger partial charge in [-0.3, -0.25) is 14.2 Å². The minimum absolute atomic E-state index is 0.187. The fourth-order valence-electron chi connectivity index (χ4n) is 4.68. The first-order valence-corrected chi connectivity index (χ1v) is 13.3. The van der Waals surface area contributed by atoms with E-state index in [9.17, 15) is 9.59 Å². The monoisotopic (exact) mass is 535 g/mol. The van der Waals surface area contributed by atoms with Crippen LogP contribution in [-0.4, -0.2) is 14.5 Å². The lowest BCUT2D eigenvalue weighted by Crippen LogP contribution is -2.23. The summed E-state index contributed by atoms with van der Waals surface area (Å²) in [5.41, 5.74) is 5.10. The maximum atomic E-state index is 13.9. The van der Waals surface area contributed by atoms with Gasteiger partial charge in [0.05, 0.1) is 21.5 Å². The molecular weight excluding hydrogens is 514 g/mol. The minimum atomic E-state index is -0.265. The van der Waals surface area contributed by atoms with Crippen molar-refractivity contribution >= 4 is 45.2 Å². The Morgan fingerprint density at radius 3 is 2.42 bits per heavy atom. The number of nitrogens with zero attached hydrogens (tertiary/aromatic N) is 2. The molecule has 0 saturated carbocycles. The summed E-state index contributed by atoms with van der Waals surface area (Å²) in [6, 6.07) is 28.4. The molecule has 0 spiro atoms. The van der Waals surface area contributed by atoms with Gasteiger partial charge in [-0.2, -0.15) is 0 Å². The molecule has 6 rings (SSSR count). The first-order chi connectivity index (χ1) is 18.4. The highest BCUT2D eigenvalue weighted by atomic mass is 35.5. The van der Waals surface area contributed by atoms with E-state index in [0.717, 1.165) is 33.3 Å². The van der Waals surface area contributed by atoms with Crippen molar-refractivity contribution in [3.05, 3.63) is 128 Å². The molecule has 0 aliphatic carbocycles. The molecule has 1 N–H and O–H groups in total. The predicted molar refractivity (Wildman–Crippen MR) is 156 cm³/mol. The standard InChI is InChI=1S/C31H22ClN3O2S/c1-18-12-13-19(2)26(16-18)35-30(37)22-10-6-7-11-24(22)34-31(35)38-28-27(20-8-4-3-5-9-20)23-17-21(32)14-15-25(23)33-29(28)36/h3-17H,1-2H3,(H,33,36). The van der Waals surface area contributed by atoms with E-state index in [-0.39, 0.29) is 11.1 Å². The van der Waals surface area contributed by atoms with Crippen molar-refractivity contribution in [1.82, 2.24) is 14.5 Å². The highest BCUT2D eigenvalue weighted by molar-refractivity contribution is 7.99. The van der Waals surface area contributed by atoms with Crippen molar-refractivity contribution in [2.75, 3.05) is 0 Å². The van der Waals surface area contributed by atoms with E-state index in [1.807, 2.05) is 86.6 Å². The number of aromatic nitrogens is 3. The minimum Gasteiger partial charge on any atom is -0.321 e. The zero-order valence-corrected chi connectivity index (χ0v) is 22.2. The molecule has 0 aliphatic rings. The second-order valence-corrected chi connectivity index (χ2v) is 10.6. The Bertz CT molecular complexity index is 1980. The number of para-hydroxylation sites is 1. The molecule has 0 bridgehead atoms. The normalized spacial score (nSPS) is 11.3. The van der Waals surface area contributed by atoms with Gasteiger partial charge in [0.2, 0.25) is 0 Å². The molecular formula is C31H22ClN3O2S. The highest BCUT2D eigenvalue weighted by Crippen LogP contribution is 2.38. The van der Waals surface area contributed by atoms with Crippen LogP contribution < -0.4 is 11.1 Å². The van der Waals surface area contributed by atoms with E-state index < -0.39 is 0 Å². The highest BCUT2D eigenvalue weighted by Gasteiger charge is 2.21. The van der Waals surface area contributed by atoms with Crippen LogP contribution in [0.1, 0.15) is 11.1 Å². The Hall–Kier alpha value is -4.13. The summed E-state index contributed by atoms with van der Waals surface area (Å²) in [7, 11) is 0. The van der Waals surface area contributed by atoms with Gasteiger partial charge in [-0.05, 0) is 78.7 Å². The fraction of sp³-hybridized carbons (Fsp3) is 0.0645. The summed E-state index contributed by atoms with van der Waals surface area (Å²) in [6.45, 7) is 3.95. The van der Waals surface area contributed by atoms with Gasteiger partial charge < -0.3 is 4.98 Å². The van der Waals surface area contributed by atoms with Gasteiger partial charge in [0.25, 0.3) is 11.1 Å². The quantitative estimate of drug-likeness (QED) is 0.240. The Labute approximate surface area is 227 Å². The lowest BCUT2D eigenvalue weighted by Gasteiger charge is -2.17. The molecule has 0 unspecified atom stereocenters. The molecule has 0 fully saturated rings. The van der Waals surface area contributed by atoms with E-state index in [4.69, 9.17) is 16.6 Å². The van der Waals surface area contributed by atoms with E-state index in [0.29, 0.717) is 31.5 Å². The summed E-state index contributed by atoms with van der Waals surface area (Å²) in [6.07, 6.45) is 0. The number of H-pyrrole nitrogens is 1. The van der Waals surface area contributed by atoms with Crippen LogP contribution in [-0.2, 0) is 0 Å². The second-order valence-electron chi connectivity index (χ2n) is 9.16. The fourth-order valence-corrected chi connectivity index (χ4v) is 5.93. The topological polar surface area (TPSA) is 67.8 Å². The summed E-state index contributed by atoms with van der Waals surface area (Å²) in [5.74, 6) is 0. The van der Waals surface area contributed by atoms with Gasteiger partial charge in [0, 0.05) is 21.5 Å². The molecule has 38 heavy (non-hydrogen) atoms. The van der Waals surface area contributed by atoms with Crippen LogP contribution in [0.15, 0.2) is 111 Å². The molecule has 186 valence electrons. The number of aromatic amines is 1. The number of rotatable bonds is 4. The van der Waals surface area contributed by atoms with Crippen LogP contribution in [0, 0.1) is 13.8 Å². The van der Waals surface area contributed by atoms with E-state index in [1.54, 1.807) is 22.8 Å². The molecule has 0 aliphatic heterocycles. The third kappa shape index (κ3) is 4.22. The molecule has 4 aromatic carbocycles. The Kier molecular flexibility index (Phi) is 6.14. The number of pyridine rings is 1. The average Bonchev–Trinajstić information content (AvgIpc) is 2.92. The zero-order chi connectivity index (χ0) is 26.4. The van der Waals surface area contributed by atoms with Crippen molar-refractivity contribution in [3.8, 4) is 16.8 Å². The molecule has 6 aromatic rings. The van der Waals surface area contributed by atoms with Gasteiger partial charge in [0.15, 0.2) is 5.16 Å². The molecule has 2 heterocycles. The summed E-state index contributed by atoms with van der Waals surface area (Å²) in [5, 5.41) is 2.30. The molecule has 5 nitrogen and oxygen atoms in total. The molecule has 7 heteroatoms. The molecule has 0 radical (unpaired) electrons. The SMILES string of the molecule is Cc1ccc(C)c(-n2c(Sc3c(-c4ccccc4)c4cc(Cl)ccc4[nH]c3=O)nc3ccccc3c2=O)c1. The second kappa shape index (κ2) is 9.63. The van der Waals surface area contributed by atoms with Crippen LogP contribution in [0.25, 0.3) is 38.6 Å². The van der Waals surface area contributed by atoms with Crippen molar-refractivity contribution in [1.29, 1.82) is 0 Å². The first kappa shape index (κ1) is 24.2. The van der Waals surface area contributed by atoms with Crippen LogP contribution in [0.5, 0.6) is 0 Å². The van der Waals surface area contributed by atoms with Crippen molar-refractivity contribution in [2.45, 2.75) is 23.9 Å². The van der Waals surface area contributed by atoms with Crippen LogP contribution in [0.4, 0.5) is 0 Å². The Morgan fingerprint density at radius 1 is 0.842 bits per heavy atom. The van der Waals surface area contributed by atoms with Crippen LogP contribution in [0.3, 0.4) is 0 Å². The Balaban J connectivity index is 1.69. The number of benzene rings is 4. The zero-order valence-electron chi connectivity index (χ0n) is 20.7. The summed E-state index contributed by atoms with van der Waals surface area (Å²) in [4.78, 5) is 35.8. The molecule has 2 aromatic heterocycles. The van der Waals surface area contributed by atoms with Gasteiger partial charge in [0.1, 0.15) is 0 Å². The number of hydrogen-bond donors (Lipinski definition) is 1. The largest absolute Gasteiger partial charge is 0.321 e. The maximum Gasteiger partial charge on any atom is 0.266 e. The number of aryl methyl sites for hydroxylation is 2. The van der Waals surface area contributed by atoms with Gasteiger partial charge >= 0.3 is 0 Å². The van der Waals surface area contributed by atoms with Crippen molar-refractivity contribution in [3.63, 3.8) is 0 Å². The number of halogens is 1. The van der Waals surface area contributed by atoms with Crippen LogP contribution in [0.2, 0.25) is 5.02 Å². The van der Waals surface area contributed by atoms with Gasteiger partial charge in [-0.25, -0.2) is 4.98 Å². The molecule has 0 amide bonds. The first-order valence-electron chi connectivity index (χ1n) is 12.1. The summed E-state index contributed by atoms with van der Waals surface area (Å²) >= 11 is 7.58. The van der Waals surface area contributed by atoms with E-state index in [1.165, 1.54) is 11.8 Å². The molecule has 0 atom stereocenters. The smallest absolute Gasteiger partial charge is 0.266 e. The van der Waals surface area contributed by atoms with Crippen molar-refractivity contribution < 1.29 is 0 Å². The van der Waals surface area contributed by atoms with Gasteiger partial charge in [-0.15, -0.1) is 0 Å². The molecule has 0 saturated heterocycles. The van der Waals surface area contributed by atoms with E-state index in [2.05, 4.69) is 4.98 Å². The van der Waals surface area contributed by atoms with Crippen LogP contribution >= 0.6 is 23.4 Å². The lowest BCUT2D eigenvalue weighted by atomic mass is 10.0. The lowest BCUT2D eigenvalue weighted by molar-refractivity contribution is 0.813. The third-order valence-electron chi connectivity index (χ3n) is 6.54. The number of nitrogens with one attached hydrogen (secondary N) is 1. The van der Waals surface area contributed by atoms with Gasteiger partial charge in [-0.1, -0.05) is 66.2 Å². The number of hydrogen-bond acceptors (Lipinski definition) is 4. The predicted octanol–water partition coefficient (Wildman–Crippen LogP) is 7.32. The average molecular weight is 536 g/mol. The van der Waals surface area contributed by atoms with E-state index >= 15 is 0 Å².